The van der Waals surface area contributed by atoms with Crippen molar-refractivity contribution < 1.29 is 0 Å². The largest absolute Gasteiger partial charge is 0.118 e. The van der Waals surface area contributed by atoms with Gasteiger partial charge in [0.05, 0.1) is 8.47 Å². The van der Waals surface area contributed by atoms with Gasteiger partial charge >= 0.3 is 0 Å². The lowest BCUT2D eigenvalue weighted by atomic mass is 10.0. The van der Waals surface area contributed by atoms with E-state index in [0.29, 0.717) is 0 Å². The highest BCUT2D eigenvalue weighted by atomic mass is 32.2. The normalized spacial score (nSPS) is 14.2. The second kappa shape index (κ2) is 34.0. The average Bonchev–Trinajstić information content (AvgIpc) is 3.22. The molecule has 244 valence electrons. The Morgan fingerprint density at radius 3 is 0.878 bits per heavy atom. The quantitative estimate of drug-likeness (QED) is 0.0668. The monoisotopic (exact) mass is 644 g/mol. The minimum Gasteiger partial charge on any atom is -0.118 e. The Morgan fingerprint density at radius 2 is 0.610 bits per heavy atom. The number of rotatable bonds is 32. The molecule has 1 aliphatic rings. The molecule has 0 aromatic heterocycles. The maximum absolute atomic E-state index is 2.31. The molecular weight excluding hydrogens is 573 g/mol. The molecule has 0 unspecified atom stereocenters. The number of unbranched alkanes of at least 4 members (excludes halogenated alkanes) is 26. The van der Waals surface area contributed by atoms with Crippen LogP contribution in [0.15, 0.2) is 8.47 Å². The molecule has 0 bridgehead atoms. The highest BCUT2D eigenvalue weighted by molar-refractivity contribution is 8.28. The molecule has 0 nitrogen and oxygen atoms in total. The molecule has 0 N–H and O–H groups in total. The number of hydrogen-bond acceptors (Lipinski definition) is 4. The van der Waals surface area contributed by atoms with E-state index in [4.69, 9.17) is 0 Å². The molecule has 1 rings (SSSR count). The standard InChI is InChI=1S/C37H72S4/c1-3-5-7-9-11-13-15-17-19-21-23-25-27-29-32-38-36-37(41-35-31-34-40-36)39-33-30-28-26-24-22-20-18-16-14-12-10-8-6-4-2/h3-35H2,1-2H3. The van der Waals surface area contributed by atoms with Crippen molar-refractivity contribution in [1.82, 2.24) is 0 Å². The maximum atomic E-state index is 2.31. The van der Waals surface area contributed by atoms with Gasteiger partial charge in [-0.2, -0.15) is 0 Å². The van der Waals surface area contributed by atoms with E-state index >= 15 is 0 Å². The van der Waals surface area contributed by atoms with E-state index < -0.39 is 0 Å². The Kier molecular flexibility index (Phi) is 33.3. The van der Waals surface area contributed by atoms with E-state index in [1.807, 2.05) is 0 Å². The fraction of sp³-hybridized carbons (Fsp3) is 0.946. The Balaban J connectivity index is 1.95. The van der Waals surface area contributed by atoms with Gasteiger partial charge in [0.25, 0.3) is 0 Å². The lowest BCUT2D eigenvalue weighted by molar-refractivity contribution is 0.538. The van der Waals surface area contributed by atoms with Crippen molar-refractivity contribution in [3.05, 3.63) is 8.47 Å². The summed E-state index contributed by atoms with van der Waals surface area (Å²) in [5.41, 5.74) is 0. The number of thioether (sulfide) groups is 4. The van der Waals surface area contributed by atoms with Gasteiger partial charge in [0.1, 0.15) is 0 Å². The summed E-state index contributed by atoms with van der Waals surface area (Å²) in [6.45, 7) is 4.62. The molecule has 4 heteroatoms. The lowest BCUT2D eigenvalue weighted by Crippen LogP contribution is -1.87. The van der Waals surface area contributed by atoms with E-state index in [0.717, 1.165) is 0 Å². The predicted octanol–water partition coefficient (Wildman–Crippen LogP) is 15.4. The van der Waals surface area contributed by atoms with Gasteiger partial charge in [-0.1, -0.05) is 181 Å². The molecule has 0 radical (unpaired) electrons. The first kappa shape index (κ1) is 40.2. The van der Waals surface area contributed by atoms with Gasteiger partial charge in [-0.3, -0.25) is 0 Å². The highest BCUT2D eigenvalue weighted by Gasteiger charge is 2.14. The van der Waals surface area contributed by atoms with E-state index in [9.17, 15) is 0 Å². The summed E-state index contributed by atoms with van der Waals surface area (Å²) in [6.07, 6.45) is 42.1. The summed E-state index contributed by atoms with van der Waals surface area (Å²) >= 11 is 8.72. The second-order valence-corrected chi connectivity index (χ2v) is 17.5. The van der Waals surface area contributed by atoms with E-state index in [1.54, 1.807) is 8.47 Å². The van der Waals surface area contributed by atoms with Crippen LogP contribution in [0.3, 0.4) is 0 Å². The Morgan fingerprint density at radius 1 is 0.366 bits per heavy atom. The highest BCUT2D eigenvalue weighted by Crippen LogP contribution is 2.45. The first-order valence-corrected chi connectivity index (χ1v) is 22.6. The third-order valence-corrected chi connectivity index (χ3v) is 14.2. The van der Waals surface area contributed by atoms with E-state index in [1.165, 1.54) is 209 Å². The third-order valence-electron chi connectivity index (χ3n) is 8.38. The molecular formula is C37H72S4. The minimum atomic E-state index is 1.33. The Bertz CT molecular complexity index is 501. The van der Waals surface area contributed by atoms with Crippen LogP contribution in [0.25, 0.3) is 0 Å². The van der Waals surface area contributed by atoms with Crippen LogP contribution < -0.4 is 0 Å². The summed E-state index contributed by atoms with van der Waals surface area (Å²) < 4.78 is 3.36. The SMILES string of the molecule is CCCCCCCCCCCCCCCCSC1=C(SCCCCCCCCCCCCCCCC)SCCCS1. The van der Waals surface area contributed by atoms with Gasteiger partial charge in [0, 0.05) is 0 Å². The zero-order valence-corrected chi connectivity index (χ0v) is 31.2. The first-order chi connectivity index (χ1) is 20.4. The molecule has 1 heterocycles. The summed E-state index contributed by atoms with van der Waals surface area (Å²) in [5, 5.41) is 0. The maximum Gasteiger partial charge on any atom is 0.0602 e. The molecule has 0 spiro atoms. The van der Waals surface area contributed by atoms with Crippen LogP contribution in [0, 0.1) is 0 Å². The lowest BCUT2D eigenvalue weighted by Gasteiger charge is -2.11. The topological polar surface area (TPSA) is 0 Å². The van der Waals surface area contributed by atoms with Gasteiger partial charge in [0.15, 0.2) is 0 Å². The van der Waals surface area contributed by atoms with Crippen molar-refractivity contribution >= 4 is 47.0 Å². The molecule has 0 atom stereocenters. The zero-order valence-electron chi connectivity index (χ0n) is 28.0. The summed E-state index contributed by atoms with van der Waals surface area (Å²) in [6, 6.07) is 0. The molecule has 0 aliphatic carbocycles. The van der Waals surface area contributed by atoms with Crippen LogP contribution in [0.2, 0.25) is 0 Å². The van der Waals surface area contributed by atoms with Crippen LogP contribution in [0.5, 0.6) is 0 Å². The Hall–Kier alpha value is 1.14. The van der Waals surface area contributed by atoms with Crippen LogP contribution >= 0.6 is 47.0 Å². The fourth-order valence-corrected chi connectivity index (χ4v) is 11.4. The first-order valence-electron chi connectivity index (χ1n) is 18.6. The molecule has 0 amide bonds. The molecule has 0 fully saturated rings. The minimum absolute atomic E-state index is 1.33. The van der Waals surface area contributed by atoms with Crippen LogP contribution in [-0.4, -0.2) is 23.0 Å². The van der Waals surface area contributed by atoms with Gasteiger partial charge < -0.3 is 0 Å². The van der Waals surface area contributed by atoms with Crippen LogP contribution in [0.4, 0.5) is 0 Å². The van der Waals surface area contributed by atoms with Crippen molar-refractivity contribution in [3.63, 3.8) is 0 Å². The smallest absolute Gasteiger partial charge is 0.0602 e. The molecule has 41 heavy (non-hydrogen) atoms. The average molecular weight is 645 g/mol. The van der Waals surface area contributed by atoms with Crippen LogP contribution in [0.1, 0.15) is 200 Å². The summed E-state index contributed by atoms with van der Waals surface area (Å²) in [4.78, 5) is 0. The molecule has 0 aromatic carbocycles. The molecule has 0 saturated heterocycles. The third kappa shape index (κ3) is 28.4. The van der Waals surface area contributed by atoms with E-state index in [2.05, 4.69) is 60.9 Å². The summed E-state index contributed by atoms with van der Waals surface area (Å²) in [5.74, 6) is 5.33. The van der Waals surface area contributed by atoms with Gasteiger partial charge in [-0.15, -0.1) is 47.0 Å². The van der Waals surface area contributed by atoms with Crippen LogP contribution in [-0.2, 0) is 0 Å². The van der Waals surface area contributed by atoms with Gasteiger partial charge in [-0.05, 0) is 42.3 Å². The molecule has 0 saturated carbocycles. The van der Waals surface area contributed by atoms with Gasteiger partial charge in [-0.25, -0.2) is 0 Å². The number of hydrogen-bond donors (Lipinski definition) is 0. The van der Waals surface area contributed by atoms with Gasteiger partial charge in [0.2, 0.25) is 0 Å². The molecule has 0 aromatic rings. The Labute approximate surface area is 277 Å². The van der Waals surface area contributed by atoms with E-state index in [-0.39, 0.29) is 0 Å². The van der Waals surface area contributed by atoms with Crippen molar-refractivity contribution in [3.8, 4) is 0 Å². The van der Waals surface area contributed by atoms with Crippen molar-refractivity contribution in [2.45, 2.75) is 200 Å². The predicted molar refractivity (Wildman–Crippen MR) is 202 cm³/mol. The van der Waals surface area contributed by atoms with Crippen molar-refractivity contribution in [2.75, 3.05) is 23.0 Å². The van der Waals surface area contributed by atoms with Crippen molar-refractivity contribution in [2.24, 2.45) is 0 Å². The summed E-state index contributed by atoms with van der Waals surface area (Å²) in [7, 11) is 0. The molecule has 1 aliphatic heterocycles. The zero-order chi connectivity index (χ0) is 29.3. The van der Waals surface area contributed by atoms with Crippen molar-refractivity contribution in [1.29, 1.82) is 0 Å². The fourth-order valence-electron chi connectivity index (χ4n) is 5.63. The second-order valence-electron chi connectivity index (χ2n) is 12.5.